The van der Waals surface area contributed by atoms with Crippen LogP contribution in [0.2, 0.25) is 0 Å². The van der Waals surface area contributed by atoms with Crippen LogP contribution in [-0.4, -0.2) is 17.2 Å². The Morgan fingerprint density at radius 2 is 2.10 bits per heavy atom. The summed E-state index contributed by atoms with van der Waals surface area (Å²) in [7, 11) is 1.76. The van der Waals surface area contributed by atoms with Gasteiger partial charge in [0.2, 0.25) is 0 Å². The molecule has 0 atom stereocenters. The molecule has 10 heavy (non-hydrogen) atoms. The summed E-state index contributed by atoms with van der Waals surface area (Å²) < 4.78 is 0. The average molecular weight is 128 g/mol. The van der Waals surface area contributed by atoms with Crippen LogP contribution >= 0.6 is 0 Å². The Balaban J connectivity index is 2.89. The topological polar surface area (TPSA) is 25.8 Å². The average Bonchev–Trinajstić information content (AvgIpc) is 2.05. The third kappa shape index (κ3) is 0.797. The fourth-order valence-corrected chi connectivity index (χ4v) is 0.937. The predicted molar refractivity (Wildman–Crippen MR) is 40.9 cm³/mol. The van der Waals surface area contributed by atoms with Crippen molar-refractivity contribution in [3.63, 3.8) is 0 Å². The summed E-state index contributed by atoms with van der Waals surface area (Å²) in [6.45, 7) is 0. The molecule has 0 bridgehead atoms. The summed E-state index contributed by atoms with van der Waals surface area (Å²) in [6.07, 6.45) is 1.76. The van der Waals surface area contributed by atoms with Crippen LogP contribution in [0.4, 0.5) is 0 Å². The molecule has 1 aromatic carbocycles. The van der Waals surface area contributed by atoms with E-state index in [0.717, 1.165) is 10.7 Å². The molecule has 0 saturated heterocycles. The SMILES string of the molecule is b1nncc2ccccc12. The zero-order chi connectivity index (χ0) is 6.81. The van der Waals surface area contributed by atoms with Gasteiger partial charge in [0.25, 0.3) is 0 Å². The van der Waals surface area contributed by atoms with Crippen LogP contribution in [0.25, 0.3) is 10.7 Å². The van der Waals surface area contributed by atoms with Gasteiger partial charge in [-0.2, -0.15) is 0 Å². The molecule has 1 heterocycles. The minimum absolute atomic E-state index is 1.14. The molecule has 0 radical (unpaired) electrons. The van der Waals surface area contributed by atoms with Crippen LogP contribution < -0.4 is 0 Å². The molecule has 2 aromatic rings. The number of aromatic nitrogens is 2. The molecule has 0 aliphatic carbocycles. The normalized spacial score (nSPS) is 9.60. The number of fused-ring (bicyclic) bond motifs is 1. The van der Waals surface area contributed by atoms with E-state index < -0.39 is 0 Å². The minimum atomic E-state index is 1.14. The fraction of sp³-hybridized carbons (Fsp3) is 0. The zero-order valence-corrected chi connectivity index (χ0v) is 5.36. The van der Waals surface area contributed by atoms with E-state index in [9.17, 15) is 0 Å². The van der Waals surface area contributed by atoms with Crippen molar-refractivity contribution in [2.24, 2.45) is 0 Å². The van der Waals surface area contributed by atoms with Gasteiger partial charge in [0.15, 0.2) is 0 Å². The van der Waals surface area contributed by atoms with Gasteiger partial charge in [-0.15, -0.1) is 0 Å². The Hall–Kier alpha value is -1.25. The summed E-state index contributed by atoms with van der Waals surface area (Å²) in [6, 6.07) is 8.02. The van der Waals surface area contributed by atoms with E-state index in [0.29, 0.717) is 0 Å². The van der Waals surface area contributed by atoms with E-state index in [1.165, 1.54) is 0 Å². The molecule has 0 N–H and O–H groups in total. The van der Waals surface area contributed by atoms with Gasteiger partial charge in [-0.25, -0.2) is 0 Å². The molecule has 0 aliphatic rings. The zero-order valence-electron chi connectivity index (χ0n) is 5.36. The molecule has 3 heteroatoms. The number of nitrogens with zero attached hydrogens (tertiary/aromatic N) is 2. The maximum absolute atomic E-state index is 3.76. The second-order valence-corrected chi connectivity index (χ2v) is 2.12. The van der Waals surface area contributed by atoms with Crippen molar-refractivity contribution >= 4 is 17.7 Å². The van der Waals surface area contributed by atoms with Gasteiger partial charge in [0.05, 0.1) is 0 Å². The molecule has 0 unspecified atom stereocenters. The van der Waals surface area contributed by atoms with E-state index in [1.54, 1.807) is 13.2 Å². The molecule has 46 valence electrons. The summed E-state index contributed by atoms with van der Waals surface area (Å²) >= 11 is 0. The van der Waals surface area contributed by atoms with Crippen molar-refractivity contribution in [2.45, 2.75) is 0 Å². The van der Waals surface area contributed by atoms with Gasteiger partial charge in [-0.1, -0.05) is 0 Å². The van der Waals surface area contributed by atoms with Crippen molar-refractivity contribution in [1.29, 1.82) is 0 Å². The first-order valence-corrected chi connectivity index (χ1v) is 3.12. The van der Waals surface area contributed by atoms with Crippen LogP contribution in [0.3, 0.4) is 0 Å². The molecule has 0 aliphatic heterocycles. The third-order valence-electron chi connectivity index (χ3n) is 1.46. The summed E-state index contributed by atoms with van der Waals surface area (Å²) in [4.78, 5) is 0. The summed E-state index contributed by atoms with van der Waals surface area (Å²) in [5.74, 6) is 0. The first-order valence-electron chi connectivity index (χ1n) is 3.12. The number of rotatable bonds is 0. The number of hydrogen-bond acceptors (Lipinski definition) is 2. The van der Waals surface area contributed by atoms with Crippen LogP contribution in [-0.2, 0) is 0 Å². The van der Waals surface area contributed by atoms with Crippen LogP contribution in [0.1, 0.15) is 0 Å². The van der Waals surface area contributed by atoms with Gasteiger partial charge in [0.1, 0.15) is 0 Å². The molecule has 0 amide bonds. The fourth-order valence-electron chi connectivity index (χ4n) is 0.937. The monoisotopic (exact) mass is 128 g/mol. The third-order valence-corrected chi connectivity index (χ3v) is 1.46. The van der Waals surface area contributed by atoms with E-state index in [2.05, 4.69) is 10.1 Å². The van der Waals surface area contributed by atoms with Crippen LogP contribution in [0, 0.1) is 0 Å². The summed E-state index contributed by atoms with van der Waals surface area (Å²) in [5.41, 5.74) is 0. The van der Waals surface area contributed by atoms with Crippen molar-refractivity contribution in [1.82, 2.24) is 10.1 Å². The van der Waals surface area contributed by atoms with Gasteiger partial charge in [-0.3, -0.25) is 0 Å². The molecule has 0 fully saturated rings. The van der Waals surface area contributed by atoms with Gasteiger partial charge < -0.3 is 0 Å². The van der Waals surface area contributed by atoms with Crippen LogP contribution in [0.5, 0.6) is 0 Å². The Morgan fingerprint density at radius 1 is 1.20 bits per heavy atom. The van der Waals surface area contributed by atoms with Crippen molar-refractivity contribution < 1.29 is 0 Å². The van der Waals surface area contributed by atoms with Gasteiger partial charge >= 0.3 is 58.3 Å². The molecule has 1 aromatic heterocycles. The molecular formula is C7H5BN2. The molecule has 2 nitrogen and oxygen atoms in total. The Bertz CT molecular complexity index is 283. The second kappa shape index (κ2) is 2.18. The Morgan fingerprint density at radius 3 is 3.00 bits per heavy atom. The van der Waals surface area contributed by atoms with Gasteiger partial charge in [-0.05, 0) is 0 Å². The molecule has 0 spiro atoms. The number of benzene rings is 1. The molecule has 0 saturated carbocycles. The van der Waals surface area contributed by atoms with E-state index in [4.69, 9.17) is 0 Å². The summed E-state index contributed by atoms with van der Waals surface area (Å²) in [5, 5.41) is 9.80. The standard InChI is InChI=1S/C7H5BN2/c1-2-4-7-6(3-1)5-9-10-8-7/h1-5H. The van der Waals surface area contributed by atoms with Crippen molar-refractivity contribution in [2.75, 3.05) is 0 Å². The van der Waals surface area contributed by atoms with Crippen LogP contribution in [0.15, 0.2) is 30.5 Å². The first kappa shape index (κ1) is 5.53. The van der Waals surface area contributed by atoms with E-state index >= 15 is 0 Å². The molecule has 2 rings (SSSR count). The van der Waals surface area contributed by atoms with Crippen molar-refractivity contribution in [3.8, 4) is 0 Å². The Kier molecular flexibility index (Phi) is 1.20. The second-order valence-electron chi connectivity index (χ2n) is 2.12. The Labute approximate surface area is 59.1 Å². The van der Waals surface area contributed by atoms with E-state index in [-0.39, 0.29) is 0 Å². The van der Waals surface area contributed by atoms with Crippen molar-refractivity contribution in [3.05, 3.63) is 30.5 Å². The van der Waals surface area contributed by atoms with E-state index in [1.807, 2.05) is 24.3 Å². The quantitative estimate of drug-likeness (QED) is 0.528. The maximum atomic E-state index is 3.76. The first-order chi connectivity index (χ1) is 4.97. The number of hydrogen-bond donors (Lipinski definition) is 0. The van der Waals surface area contributed by atoms with Gasteiger partial charge in [0, 0.05) is 0 Å². The predicted octanol–water partition coefficient (Wildman–Crippen LogP) is 0.968. The molecular weight excluding hydrogens is 123 g/mol.